The van der Waals surface area contributed by atoms with E-state index in [2.05, 4.69) is 115 Å². The first-order valence-corrected chi connectivity index (χ1v) is 43.6. The minimum absolute atomic E-state index is 0.0455. The topological polar surface area (TPSA) is 557 Å². The van der Waals surface area contributed by atoms with Crippen molar-refractivity contribution < 1.29 is 35.1 Å². The molecule has 13 N–H and O–H groups in total. The first kappa shape index (κ1) is 104. The number of hydrogen-bond donors (Lipinski definition) is 10. The molecule has 11 heterocycles. The normalized spacial score (nSPS) is 11.5. The first-order chi connectivity index (χ1) is 56.0. The monoisotopic (exact) mass is 2000 g/mol. The van der Waals surface area contributed by atoms with Crippen molar-refractivity contribution in [1.82, 2.24) is 79.7 Å². The van der Waals surface area contributed by atoms with E-state index in [1.807, 2.05) is 41.5 Å². The summed E-state index contributed by atoms with van der Waals surface area (Å²) in [6, 6.07) is 16.9. The third-order valence-electron chi connectivity index (χ3n) is 13.0. The van der Waals surface area contributed by atoms with Gasteiger partial charge in [0.15, 0.2) is 25.8 Å². The van der Waals surface area contributed by atoms with E-state index in [9.17, 15) is 45.5 Å². The Bertz CT molecular complexity index is 5530. The van der Waals surface area contributed by atoms with Gasteiger partial charge in [-0.15, -0.1) is 0 Å². The predicted octanol–water partition coefficient (Wildman–Crippen LogP) is 19.1. The Hall–Kier alpha value is -8.93. The Kier molecular flexibility index (Phi) is 41.1. The maximum Gasteiger partial charge on any atom is 0.313 e. The van der Waals surface area contributed by atoms with E-state index < -0.39 is 76.5 Å². The molecule has 0 aliphatic carbocycles. The van der Waals surface area contributed by atoms with Gasteiger partial charge in [0.2, 0.25) is 51.6 Å². The number of nitrogens with zero attached hydrogens (tertiary/aromatic N) is 18. The third kappa shape index (κ3) is 37.8. The molecule has 0 aliphatic heterocycles. The highest BCUT2D eigenvalue weighted by Crippen LogP contribution is 2.33. The quantitative estimate of drug-likeness (QED) is 0.0107. The fraction of sp³-hybridized carbons (Fsp3) is 0.242. The van der Waals surface area contributed by atoms with Gasteiger partial charge < -0.3 is 43.2 Å². The van der Waals surface area contributed by atoms with Crippen LogP contribution in [0.1, 0.15) is 83.1 Å². The predicted molar refractivity (Wildman–Crippen MR) is 485 cm³/mol. The zero-order chi connectivity index (χ0) is 91.3. The Morgan fingerprint density at radius 1 is 0.380 bits per heavy atom. The molecule has 11 aromatic rings. The Balaban J connectivity index is 0.000000300. The van der Waals surface area contributed by atoms with E-state index in [0.29, 0.717) is 79.1 Å². The van der Waals surface area contributed by atoms with Crippen LogP contribution in [0, 0.1) is 20.2 Å². The molecule has 0 saturated heterocycles. The number of anilines is 14. The number of rotatable bonds is 16. The van der Waals surface area contributed by atoms with Gasteiger partial charge in [-0.3, -0.25) is 29.7 Å². The third-order valence-corrected chi connectivity index (χ3v) is 24.0. The molecule has 2 unspecified atom stereocenters. The fourth-order valence-corrected chi connectivity index (χ4v) is 10.9. The van der Waals surface area contributed by atoms with Crippen LogP contribution in [0.5, 0.6) is 0 Å². The van der Waals surface area contributed by atoms with Crippen LogP contribution in [0.4, 0.5) is 91.5 Å². The molecule has 121 heavy (non-hydrogen) atoms. The van der Waals surface area contributed by atoms with Crippen molar-refractivity contribution in [2.75, 3.05) is 52.6 Å². The second kappa shape index (κ2) is 47.6. The minimum Gasteiger partial charge on any atom is -0.397 e. The zero-order valence-corrected chi connectivity index (χ0v) is 77.7. The van der Waals surface area contributed by atoms with Crippen LogP contribution in [-0.4, -0.2) is 134 Å². The van der Waals surface area contributed by atoms with Gasteiger partial charge in [0.1, 0.15) is 55.6 Å². The van der Waals surface area contributed by atoms with Crippen molar-refractivity contribution >= 4 is 282 Å². The van der Waals surface area contributed by atoms with Gasteiger partial charge in [-0.05, 0) is 212 Å². The second-order valence-electron chi connectivity index (χ2n) is 26.7. The van der Waals surface area contributed by atoms with Crippen molar-refractivity contribution in [2.45, 2.75) is 102 Å². The molecule has 11 rings (SSSR count). The number of nitrogen functional groups attached to an aromatic ring is 3. The largest absolute Gasteiger partial charge is 0.397 e. The van der Waals surface area contributed by atoms with E-state index in [4.69, 9.17) is 167 Å². The number of nitro groups is 2. The zero-order valence-electron chi connectivity index (χ0n) is 64.6. The van der Waals surface area contributed by atoms with Crippen LogP contribution in [-0.2, 0) is 41.0 Å². The summed E-state index contributed by atoms with van der Waals surface area (Å²) in [6.45, 7) is 20.6. The number of aromatic nitrogens is 16. The maximum absolute atomic E-state index is 12.2. The molecule has 0 amide bonds. The molecule has 0 bridgehead atoms. The summed E-state index contributed by atoms with van der Waals surface area (Å²) in [5.41, 5.74) is 19.7. The summed E-state index contributed by atoms with van der Waals surface area (Å²) in [5, 5.41) is 33.9. The molecule has 0 aliphatic rings. The summed E-state index contributed by atoms with van der Waals surface area (Å²) in [6.07, 6.45) is 15.9. The molecular formula is C66H71Cl13N28O10S4. The molecule has 0 saturated carbocycles. The molecule has 11 aromatic heterocycles. The van der Waals surface area contributed by atoms with Crippen molar-refractivity contribution in [1.29, 1.82) is 0 Å². The maximum atomic E-state index is 12.2. The smallest absolute Gasteiger partial charge is 0.313 e. The van der Waals surface area contributed by atoms with Crippen molar-refractivity contribution in [2.24, 2.45) is 0 Å². The Morgan fingerprint density at radius 3 is 0.967 bits per heavy atom. The van der Waals surface area contributed by atoms with Crippen LogP contribution in [0.3, 0.4) is 0 Å². The van der Waals surface area contributed by atoms with Gasteiger partial charge in [-0.2, -0.15) is 0 Å². The number of pyridine rings is 6. The lowest BCUT2D eigenvalue weighted by molar-refractivity contribution is -0.394. The van der Waals surface area contributed by atoms with Crippen molar-refractivity contribution in [3.8, 4) is 0 Å². The van der Waals surface area contributed by atoms with E-state index >= 15 is 0 Å². The molecular weight excluding hydrogens is 1930 g/mol. The van der Waals surface area contributed by atoms with Gasteiger partial charge in [0.25, 0.3) is 5.69 Å². The number of nitrogens with one attached hydrogen (secondary N) is 7. The van der Waals surface area contributed by atoms with Crippen molar-refractivity contribution in [3.63, 3.8) is 0 Å². The van der Waals surface area contributed by atoms with Crippen LogP contribution >= 0.6 is 150 Å². The van der Waals surface area contributed by atoms with E-state index in [0.717, 1.165) is 12.3 Å². The van der Waals surface area contributed by atoms with Gasteiger partial charge in [0.05, 0.1) is 123 Å². The highest BCUT2D eigenvalue weighted by molar-refractivity contribution is 8.09. The van der Waals surface area contributed by atoms with Crippen molar-refractivity contribution in [3.05, 3.63) is 218 Å². The first-order valence-electron chi connectivity index (χ1n) is 33.0. The Morgan fingerprint density at radius 2 is 0.686 bits per heavy atom. The standard InChI is InChI=1S/2C13H15Cl2N5O2S.C13H15Cl2N5OS.C9H7Cl2N5.C5H2ClN3O4.C5H6ClN3.C4H2Cl2N2.C4H9ClOS/c2*1-13(2,3)23(21,22)20-9-6-8(7-17-11(9)14)18-10-4-5-16-12(15)19-10;1-13(2,3)22(21)20-9-6-8(7-17-11(9)14)18-10-4-5-16-12(15)19-10;10-8-6(12)3-5(4-14-8)15-7-1-2-13-9(11)16-7;6-5-4(9(12)13)1-3(2-7-5)8(10)11;6-5-4(8)1-3(7)2-9-5;5-3-1-2-7-4(6)8-3;1-4(2,3)7(5)6/h2*4-7,20H,1-3H3,(H,16,18,19);4-7,20H,1-3H3,(H,16,18,19);1-4H,12H2,(H,13,15,16);1-2H;1-2H,7-8H2;1-2H;1-3H3. The summed E-state index contributed by atoms with van der Waals surface area (Å²) in [7, 11) is -4.53. The summed E-state index contributed by atoms with van der Waals surface area (Å²) >= 11 is 68.0. The molecule has 0 radical (unpaired) electrons. The van der Waals surface area contributed by atoms with Gasteiger partial charge in [-0.25, -0.2) is 105 Å². The second-order valence-corrected chi connectivity index (χ2v) is 40.3. The lowest BCUT2D eigenvalue weighted by atomic mass is 10.3. The van der Waals surface area contributed by atoms with Crippen LogP contribution in [0.25, 0.3) is 0 Å². The van der Waals surface area contributed by atoms with Crippen LogP contribution < -0.4 is 52.6 Å². The number of hydrogen-bond acceptors (Lipinski definition) is 33. The Labute approximate surface area is 762 Å². The average Bonchev–Trinajstić information content (AvgIpc) is 0.810. The van der Waals surface area contributed by atoms with E-state index in [1.54, 1.807) is 109 Å². The highest BCUT2D eigenvalue weighted by atomic mass is 35.7. The molecule has 0 aromatic carbocycles. The van der Waals surface area contributed by atoms with Gasteiger partial charge in [-0.1, -0.05) is 81.2 Å². The molecule has 0 fully saturated rings. The molecule has 38 nitrogen and oxygen atoms in total. The van der Waals surface area contributed by atoms with Gasteiger partial charge in [0, 0.05) is 31.0 Å². The average molecular weight is 2010 g/mol. The van der Waals surface area contributed by atoms with Crippen LogP contribution in [0.2, 0.25) is 62.5 Å². The minimum atomic E-state index is -3.62. The van der Waals surface area contributed by atoms with E-state index in [-0.39, 0.29) is 68.3 Å². The highest BCUT2D eigenvalue weighted by Gasteiger charge is 2.31. The molecule has 650 valence electrons. The van der Waals surface area contributed by atoms with Crippen LogP contribution in [0.15, 0.2) is 135 Å². The molecule has 55 heteroatoms. The lowest BCUT2D eigenvalue weighted by Gasteiger charge is -2.21. The molecule has 0 spiro atoms. The SMILES string of the molecule is CC(C)(C)S(=O)(=O)Nc1cc(Nc2ccnc(Cl)n2)cnc1Cl.CC(C)(C)S(=O)(=O)Nc1cc(Nc2ccnc(Cl)n2)cnc1Cl.CC(C)(C)S(=O)Cl.CC(C)(C)S(=O)Nc1cc(Nc2ccnc(Cl)n2)cnc1Cl.Clc1ccnc(Cl)n1.Nc1cc(Nc2ccnc(Cl)n2)cnc1Cl.Nc1cnc(Cl)c(N)c1.O=[N+]([O-])c1cnc(Cl)c([N+](=O)[O-])c1. The molecule has 2 atom stereocenters. The van der Waals surface area contributed by atoms with E-state index in [1.165, 1.54) is 55.5 Å². The number of halogens is 13. The lowest BCUT2D eigenvalue weighted by Crippen LogP contribution is -2.33. The fourth-order valence-electron chi connectivity index (χ4n) is 6.81. The number of sulfonamides is 2. The summed E-state index contributed by atoms with van der Waals surface area (Å²) in [4.78, 5) is 80.0. The summed E-state index contributed by atoms with van der Waals surface area (Å²) < 4.78 is 76.5. The summed E-state index contributed by atoms with van der Waals surface area (Å²) in [5.74, 6) is 1.97. The number of nitrogens with two attached hydrogens (primary N) is 3. The van der Waals surface area contributed by atoms with Gasteiger partial charge >= 0.3 is 5.69 Å².